The normalized spacial score (nSPS) is 11.1. The Bertz CT molecular complexity index is 1210. The van der Waals surface area contributed by atoms with Crippen molar-refractivity contribution in [1.29, 1.82) is 0 Å². The summed E-state index contributed by atoms with van der Waals surface area (Å²) >= 11 is 0. The predicted molar refractivity (Wildman–Crippen MR) is 117 cm³/mol. The summed E-state index contributed by atoms with van der Waals surface area (Å²) in [7, 11) is -2.67. The summed E-state index contributed by atoms with van der Waals surface area (Å²) in [5, 5.41) is 14.3. The largest absolute Gasteiger partial charge is 0.497 e. The Hall–Kier alpha value is -3.90. The van der Waals surface area contributed by atoms with Gasteiger partial charge in [-0.3, -0.25) is 14.9 Å². The number of carbonyl (C=O) groups excluding carboxylic acids is 1. The average Bonchev–Trinajstić information content (AvgIpc) is 3.34. The quantitative estimate of drug-likeness (QED) is 0.242. The fraction of sp³-hybridized carbons (Fsp3) is 0.190. The number of ether oxygens (including phenoxy) is 2. The number of benzene rings is 2. The number of nitro benzene ring substituents is 1. The number of methoxy groups -OCH3 is 1. The molecule has 0 bridgehead atoms. The highest BCUT2D eigenvalue weighted by Crippen LogP contribution is 2.28. The molecule has 0 fully saturated rings. The van der Waals surface area contributed by atoms with Gasteiger partial charge in [0, 0.05) is 6.07 Å². The molecule has 0 aliphatic heterocycles. The highest BCUT2D eigenvalue weighted by molar-refractivity contribution is 7.89. The van der Waals surface area contributed by atoms with Gasteiger partial charge in [0.15, 0.2) is 0 Å². The van der Waals surface area contributed by atoms with Crippen molar-refractivity contribution < 1.29 is 32.0 Å². The summed E-state index contributed by atoms with van der Waals surface area (Å²) in [6.07, 6.45) is 1.47. The van der Waals surface area contributed by atoms with E-state index in [-0.39, 0.29) is 23.7 Å². The van der Waals surface area contributed by atoms with E-state index >= 15 is 0 Å². The summed E-state index contributed by atoms with van der Waals surface area (Å²) in [6.45, 7) is -0.505. The van der Waals surface area contributed by atoms with Gasteiger partial charge in [0.05, 0.1) is 29.7 Å². The molecule has 12 heteroatoms. The molecule has 0 amide bonds. The van der Waals surface area contributed by atoms with E-state index < -0.39 is 33.1 Å². The lowest BCUT2D eigenvalue weighted by Crippen LogP contribution is -2.30. The molecule has 0 atom stereocenters. The molecule has 0 aliphatic rings. The Morgan fingerprint density at radius 1 is 1.15 bits per heavy atom. The molecule has 1 heterocycles. The topological polar surface area (TPSA) is 150 Å². The molecule has 0 radical (unpaired) electrons. The molecule has 1 aromatic heterocycles. The summed E-state index contributed by atoms with van der Waals surface area (Å²) in [6, 6.07) is 13.6. The zero-order chi connectivity index (χ0) is 23.8. The van der Waals surface area contributed by atoms with E-state index in [9.17, 15) is 23.3 Å². The number of nitrogens with one attached hydrogen (secondary N) is 2. The van der Waals surface area contributed by atoms with Crippen LogP contribution in [0.25, 0.3) is 0 Å². The summed E-state index contributed by atoms with van der Waals surface area (Å²) in [4.78, 5) is 22.3. The van der Waals surface area contributed by atoms with Crippen LogP contribution in [0.2, 0.25) is 0 Å². The van der Waals surface area contributed by atoms with Gasteiger partial charge < -0.3 is 19.2 Å². The molecule has 3 rings (SSSR count). The molecular formula is C21H21N3O8S. The third-order valence-electron chi connectivity index (χ3n) is 4.47. The fourth-order valence-electron chi connectivity index (χ4n) is 2.75. The molecule has 2 aromatic carbocycles. The van der Waals surface area contributed by atoms with Crippen LogP contribution in [0.5, 0.6) is 5.75 Å². The SMILES string of the molecule is COc1ccc(COC(=O)CNS(=O)(=O)c2ccc(NCc3ccco3)c([N+](=O)[O-])c2)cc1. The van der Waals surface area contributed by atoms with Crippen molar-refractivity contribution in [3.8, 4) is 5.75 Å². The highest BCUT2D eigenvalue weighted by atomic mass is 32.2. The third kappa shape index (κ3) is 6.54. The van der Waals surface area contributed by atoms with Gasteiger partial charge in [-0.1, -0.05) is 12.1 Å². The van der Waals surface area contributed by atoms with Crippen LogP contribution >= 0.6 is 0 Å². The first-order valence-electron chi connectivity index (χ1n) is 9.61. The van der Waals surface area contributed by atoms with E-state index in [1.54, 1.807) is 36.4 Å². The Labute approximate surface area is 189 Å². The van der Waals surface area contributed by atoms with Crippen molar-refractivity contribution in [2.75, 3.05) is 19.0 Å². The fourth-order valence-corrected chi connectivity index (χ4v) is 3.74. The molecule has 0 aliphatic carbocycles. The lowest BCUT2D eigenvalue weighted by Gasteiger charge is -2.10. The summed E-state index contributed by atoms with van der Waals surface area (Å²) in [5.74, 6) is 0.394. The number of hydrogen-bond donors (Lipinski definition) is 2. The van der Waals surface area contributed by atoms with Crippen LogP contribution in [-0.4, -0.2) is 33.0 Å². The second-order valence-corrected chi connectivity index (χ2v) is 8.47. The Morgan fingerprint density at radius 2 is 1.91 bits per heavy atom. The van der Waals surface area contributed by atoms with Crippen molar-refractivity contribution in [3.63, 3.8) is 0 Å². The van der Waals surface area contributed by atoms with Crippen LogP contribution in [0, 0.1) is 10.1 Å². The molecule has 33 heavy (non-hydrogen) atoms. The first-order valence-corrected chi connectivity index (χ1v) is 11.1. The zero-order valence-corrected chi connectivity index (χ0v) is 18.3. The van der Waals surface area contributed by atoms with Crippen molar-refractivity contribution in [2.45, 2.75) is 18.0 Å². The number of hydrogen-bond acceptors (Lipinski definition) is 9. The zero-order valence-electron chi connectivity index (χ0n) is 17.5. The molecule has 2 N–H and O–H groups in total. The molecule has 0 saturated carbocycles. The first kappa shape index (κ1) is 23.8. The van der Waals surface area contributed by atoms with Gasteiger partial charge in [0.25, 0.3) is 5.69 Å². The van der Waals surface area contributed by atoms with Crippen LogP contribution in [0.1, 0.15) is 11.3 Å². The van der Waals surface area contributed by atoms with E-state index in [4.69, 9.17) is 13.9 Å². The van der Waals surface area contributed by atoms with Crippen molar-refractivity contribution >= 4 is 27.4 Å². The number of anilines is 1. The van der Waals surface area contributed by atoms with E-state index in [2.05, 4.69) is 10.0 Å². The van der Waals surface area contributed by atoms with Gasteiger partial charge >= 0.3 is 5.97 Å². The lowest BCUT2D eigenvalue weighted by molar-refractivity contribution is -0.384. The first-order chi connectivity index (χ1) is 15.8. The third-order valence-corrected chi connectivity index (χ3v) is 5.87. The molecule has 174 valence electrons. The van der Waals surface area contributed by atoms with Gasteiger partial charge in [0.1, 0.15) is 30.3 Å². The molecule has 0 spiro atoms. The lowest BCUT2D eigenvalue weighted by atomic mass is 10.2. The summed E-state index contributed by atoms with van der Waals surface area (Å²) in [5.41, 5.74) is 0.376. The van der Waals surface area contributed by atoms with Crippen molar-refractivity contribution in [2.24, 2.45) is 0 Å². The molecular weight excluding hydrogens is 454 g/mol. The Balaban J connectivity index is 1.60. The van der Waals surface area contributed by atoms with E-state index in [0.29, 0.717) is 17.1 Å². The number of nitrogens with zero attached hydrogens (tertiary/aromatic N) is 1. The van der Waals surface area contributed by atoms with Crippen LogP contribution < -0.4 is 14.8 Å². The molecule has 0 unspecified atom stereocenters. The van der Waals surface area contributed by atoms with E-state index in [1.807, 2.05) is 0 Å². The number of sulfonamides is 1. The van der Waals surface area contributed by atoms with Crippen LogP contribution in [0.15, 0.2) is 70.2 Å². The highest BCUT2D eigenvalue weighted by Gasteiger charge is 2.22. The van der Waals surface area contributed by atoms with Crippen molar-refractivity contribution in [3.05, 3.63) is 82.3 Å². The summed E-state index contributed by atoms with van der Waals surface area (Å²) < 4.78 is 42.4. The maximum Gasteiger partial charge on any atom is 0.321 e. The molecule has 11 nitrogen and oxygen atoms in total. The van der Waals surface area contributed by atoms with Gasteiger partial charge in [-0.05, 0) is 42.0 Å². The average molecular weight is 475 g/mol. The molecule has 3 aromatic rings. The maximum absolute atomic E-state index is 12.5. The minimum atomic E-state index is -4.20. The number of carbonyl (C=O) groups is 1. The Kier molecular flexibility index (Phi) is 7.64. The number of furan rings is 1. The van der Waals surface area contributed by atoms with Crippen LogP contribution in [0.4, 0.5) is 11.4 Å². The minimum absolute atomic E-state index is 0.0495. The molecule has 0 saturated heterocycles. The van der Waals surface area contributed by atoms with Crippen molar-refractivity contribution in [1.82, 2.24) is 4.72 Å². The van der Waals surface area contributed by atoms with Gasteiger partial charge in [-0.15, -0.1) is 0 Å². The van der Waals surface area contributed by atoms with Crippen LogP contribution in [-0.2, 0) is 32.7 Å². The predicted octanol–water partition coefficient (Wildman–Crippen LogP) is 2.83. The second-order valence-electron chi connectivity index (χ2n) is 6.70. The minimum Gasteiger partial charge on any atom is -0.497 e. The standard InChI is InChI=1S/C21H21N3O8S/c1-30-16-6-4-15(5-7-16)14-32-21(25)13-23-33(28,29)18-8-9-19(20(11-18)24(26)27)22-12-17-3-2-10-31-17/h2-11,22-23H,12-14H2,1H3. The van der Waals surface area contributed by atoms with Gasteiger partial charge in [-0.25, -0.2) is 8.42 Å². The van der Waals surface area contributed by atoms with E-state index in [1.165, 1.54) is 25.5 Å². The monoisotopic (exact) mass is 475 g/mol. The number of nitro groups is 1. The maximum atomic E-state index is 12.5. The number of rotatable bonds is 11. The van der Waals surface area contributed by atoms with Gasteiger partial charge in [-0.2, -0.15) is 4.72 Å². The Morgan fingerprint density at radius 3 is 2.55 bits per heavy atom. The smallest absolute Gasteiger partial charge is 0.321 e. The van der Waals surface area contributed by atoms with Gasteiger partial charge in [0.2, 0.25) is 10.0 Å². The van der Waals surface area contributed by atoms with E-state index in [0.717, 1.165) is 6.07 Å². The number of esters is 1. The second kappa shape index (κ2) is 10.6. The van der Waals surface area contributed by atoms with Crippen LogP contribution in [0.3, 0.4) is 0 Å².